The van der Waals surface area contributed by atoms with E-state index in [1.165, 1.54) is 19.3 Å². The van der Waals surface area contributed by atoms with Gasteiger partial charge >= 0.3 is 0 Å². The molecule has 1 fully saturated rings. The maximum atomic E-state index is 12.1. The molecule has 0 spiro atoms. The van der Waals surface area contributed by atoms with Crippen LogP contribution < -0.4 is 5.32 Å². The molecular formula is C15H20BrNO. The number of carbonyl (C=O) groups is 1. The maximum Gasteiger partial charge on any atom is 0.223 e. The fraction of sp³-hybridized carbons (Fsp3) is 0.533. The number of amides is 1. The summed E-state index contributed by atoms with van der Waals surface area (Å²) in [5.74, 6) is 0.454. The average molecular weight is 310 g/mol. The predicted octanol–water partition coefficient (Wildman–Crippen LogP) is 4.21. The second-order valence-corrected chi connectivity index (χ2v) is 6.04. The number of nitrogens with one attached hydrogen (secondary N) is 1. The van der Waals surface area contributed by atoms with E-state index in [-0.39, 0.29) is 17.9 Å². The molecule has 0 aliphatic heterocycles. The van der Waals surface area contributed by atoms with Crippen LogP contribution in [-0.2, 0) is 4.79 Å². The van der Waals surface area contributed by atoms with Crippen LogP contribution in [0, 0.1) is 5.92 Å². The van der Waals surface area contributed by atoms with Crippen LogP contribution in [0.1, 0.15) is 50.6 Å². The molecule has 1 amide bonds. The summed E-state index contributed by atoms with van der Waals surface area (Å²) in [6.07, 6.45) is 5.78. The minimum atomic E-state index is 0.0805. The lowest BCUT2D eigenvalue weighted by atomic mass is 9.88. The monoisotopic (exact) mass is 309 g/mol. The predicted molar refractivity (Wildman–Crippen MR) is 77.3 cm³/mol. The fourth-order valence-electron chi connectivity index (χ4n) is 2.56. The first-order valence-corrected chi connectivity index (χ1v) is 7.52. The van der Waals surface area contributed by atoms with E-state index in [0.29, 0.717) is 0 Å². The lowest BCUT2D eigenvalue weighted by Crippen LogP contribution is -2.33. The third kappa shape index (κ3) is 3.58. The lowest BCUT2D eigenvalue weighted by Gasteiger charge is -2.23. The summed E-state index contributed by atoms with van der Waals surface area (Å²) in [6, 6.07) is 8.20. The van der Waals surface area contributed by atoms with Gasteiger partial charge in [-0.3, -0.25) is 4.79 Å². The van der Waals surface area contributed by atoms with Crippen LogP contribution in [0.25, 0.3) is 0 Å². The Hall–Kier alpha value is -0.830. The molecule has 1 aliphatic rings. The summed E-state index contributed by atoms with van der Waals surface area (Å²) in [5.41, 5.74) is 1.15. The van der Waals surface area contributed by atoms with Gasteiger partial charge in [-0.15, -0.1) is 0 Å². The average Bonchev–Trinajstić information content (AvgIpc) is 2.39. The van der Waals surface area contributed by atoms with E-state index in [9.17, 15) is 4.79 Å². The van der Waals surface area contributed by atoms with E-state index in [1.54, 1.807) is 0 Å². The Kier molecular flexibility index (Phi) is 4.81. The SMILES string of the molecule is C[C@H](NC(=O)C1CCCCC1)c1cccc(Br)c1. The van der Waals surface area contributed by atoms with Crippen LogP contribution in [0.3, 0.4) is 0 Å². The van der Waals surface area contributed by atoms with Crippen molar-refractivity contribution in [3.05, 3.63) is 34.3 Å². The smallest absolute Gasteiger partial charge is 0.223 e. The number of halogens is 1. The van der Waals surface area contributed by atoms with Crippen molar-refractivity contribution in [1.29, 1.82) is 0 Å². The number of carbonyl (C=O) groups excluding carboxylic acids is 1. The summed E-state index contributed by atoms with van der Waals surface area (Å²) in [7, 11) is 0. The molecule has 0 radical (unpaired) electrons. The molecule has 1 aromatic rings. The Morgan fingerprint density at radius 1 is 1.33 bits per heavy atom. The van der Waals surface area contributed by atoms with Crippen LogP contribution in [0.2, 0.25) is 0 Å². The van der Waals surface area contributed by atoms with Gasteiger partial charge in [0.25, 0.3) is 0 Å². The van der Waals surface area contributed by atoms with Gasteiger partial charge in [-0.1, -0.05) is 47.3 Å². The van der Waals surface area contributed by atoms with Crippen molar-refractivity contribution in [2.45, 2.75) is 45.1 Å². The Labute approximate surface area is 117 Å². The van der Waals surface area contributed by atoms with Gasteiger partial charge in [0.05, 0.1) is 6.04 Å². The molecule has 1 atom stereocenters. The lowest BCUT2D eigenvalue weighted by molar-refractivity contribution is -0.126. The molecule has 1 aromatic carbocycles. The zero-order valence-corrected chi connectivity index (χ0v) is 12.4. The van der Waals surface area contributed by atoms with E-state index in [0.717, 1.165) is 22.9 Å². The van der Waals surface area contributed by atoms with Gasteiger partial charge in [0, 0.05) is 10.4 Å². The number of hydrogen-bond acceptors (Lipinski definition) is 1. The highest BCUT2D eigenvalue weighted by atomic mass is 79.9. The van der Waals surface area contributed by atoms with Crippen LogP contribution in [0.15, 0.2) is 28.7 Å². The maximum absolute atomic E-state index is 12.1. The van der Waals surface area contributed by atoms with Gasteiger partial charge in [0.1, 0.15) is 0 Å². The Balaban J connectivity index is 1.94. The third-order valence-corrected chi connectivity index (χ3v) is 4.18. The molecule has 0 unspecified atom stereocenters. The minimum absolute atomic E-state index is 0.0805. The Morgan fingerprint density at radius 3 is 2.72 bits per heavy atom. The van der Waals surface area contributed by atoms with Crippen molar-refractivity contribution in [3.8, 4) is 0 Å². The van der Waals surface area contributed by atoms with Crippen molar-refractivity contribution in [2.75, 3.05) is 0 Å². The van der Waals surface area contributed by atoms with Crippen LogP contribution in [0.4, 0.5) is 0 Å². The van der Waals surface area contributed by atoms with Crippen LogP contribution >= 0.6 is 15.9 Å². The first-order chi connectivity index (χ1) is 8.66. The molecule has 2 nitrogen and oxygen atoms in total. The number of rotatable bonds is 3. The normalized spacial score (nSPS) is 18.3. The molecule has 0 heterocycles. The molecule has 2 rings (SSSR count). The zero-order valence-electron chi connectivity index (χ0n) is 10.8. The quantitative estimate of drug-likeness (QED) is 0.890. The molecule has 98 valence electrons. The zero-order chi connectivity index (χ0) is 13.0. The summed E-state index contributed by atoms with van der Waals surface area (Å²) < 4.78 is 1.05. The summed E-state index contributed by atoms with van der Waals surface area (Å²) >= 11 is 3.46. The summed E-state index contributed by atoms with van der Waals surface area (Å²) in [4.78, 5) is 12.1. The van der Waals surface area contributed by atoms with E-state index < -0.39 is 0 Å². The van der Waals surface area contributed by atoms with Crippen molar-refractivity contribution < 1.29 is 4.79 Å². The molecular weight excluding hydrogens is 290 g/mol. The van der Waals surface area contributed by atoms with Gasteiger partial charge in [-0.05, 0) is 37.5 Å². The largest absolute Gasteiger partial charge is 0.349 e. The molecule has 1 aliphatic carbocycles. The number of hydrogen-bond donors (Lipinski definition) is 1. The second kappa shape index (κ2) is 6.37. The van der Waals surface area contributed by atoms with Gasteiger partial charge in [0.2, 0.25) is 5.91 Å². The second-order valence-electron chi connectivity index (χ2n) is 5.12. The van der Waals surface area contributed by atoms with Gasteiger partial charge < -0.3 is 5.32 Å². The van der Waals surface area contributed by atoms with Gasteiger partial charge in [-0.25, -0.2) is 0 Å². The van der Waals surface area contributed by atoms with Crippen LogP contribution in [0.5, 0.6) is 0 Å². The Bertz CT molecular complexity index is 413. The van der Waals surface area contributed by atoms with E-state index in [2.05, 4.69) is 33.4 Å². The fourth-order valence-corrected chi connectivity index (χ4v) is 2.97. The van der Waals surface area contributed by atoms with E-state index >= 15 is 0 Å². The summed E-state index contributed by atoms with van der Waals surface area (Å²) in [5, 5.41) is 3.13. The van der Waals surface area contributed by atoms with Crippen molar-refractivity contribution in [2.24, 2.45) is 5.92 Å². The molecule has 0 bridgehead atoms. The standard InChI is InChI=1S/C15H20BrNO/c1-11(13-8-5-9-14(16)10-13)17-15(18)12-6-3-2-4-7-12/h5,8-12H,2-4,6-7H2,1H3,(H,17,18)/t11-/m0/s1. The van der Waals surface area contributed by atoms with Crippen molar-refractivity contribution in [1.82, 2.24) is 5.32 Å². The number of benzene rings is 1. The van der Waals surface area contributed by atoms with E-state index in [4.69, 9.17) is 0 Å². The van der Waals surface area contributed by atoms with Gasteiger partial charge in [-0.2, -0.15) is 0 Å². The topological polar surface area (TPSA) is 29.1 Å². The third-order valence-electron chi connectivity index (χ3n) is 3.68. The molecule has 0 saturated heterocycles. The van der Waals surface area contributed by atoms with Gasteiger partial charge in [0.15, 0.2) is 0 Å². The first-order valence-electron chi connectivity index (χ1n) is 6.72. The summed E-state index contributed by atoms with van der Waals surface area (Å²) in [6.45, 7) is 2.04. The molecule has 3 heteroatoms. The van der Waals surface area contributed by atoms with E-state index in [1.807, 2.05) is 19.1 Å². The van der Waals surface area contributed by atoms with Crippen molar-refractivity contribution in [3.63, 3.8) is 0 Å². The molecule has 18 heavy (non-hydrogen) atoms. The highest BCUT2D eigenvalue weighted by Gasteiger charge is 2.22. The molecule has 1 N–H and O–H groups in total. The highest BCUT2D eigenvalue weighted by molar-refractivity contribution is 9.10. The Morgan fingerprint density at radius 2 is 2.06 bits per heavy atom. The molecule has 0 aromatic heterocycles. The minimum Gasteiger partial charge on any atom is -0.349 e. The van der Waals surface area contributed by atoms with Crippen molar-refractivity contribution >= 4 is 21.8 Å². The van der Waals surface area contributed by atoms with Crippen LogP contribution in [-0.4, -0.2) is 5.91 Å². The molecule has 1 saturated carbocycles. The highest BCUT2D eigenvalue weighted by Crippen LogP contribution is 2.25. The first kappa shape index (κ1) is 13.6.